The molecule has 3 heteroatoms. The molecule has 0 aromatic heterocycles. The van der Waals surface area contributed by atoms with Crippen molar-refractivity contribution in [3.8, 4) is 0 Å². The van der Waals surface area contributed by atoms with Crippen molar-refractivity contribution in [1.29, 1.82) is 0 Å². The van der Waals surface area contributed by atoms with Crippen LogP contribution >= 0.6 is 12.2 Å². The SMILES string of the molecule is S=CCCCC1COC2(COC2)C1. The minimum absolute atomic E-state index is 0.127. The zero-order valence-corrected chi connectivity index (χ0v) is 8.65. The molecule has 0 radical (unpaired) electrons. The standard InChI is InChI=1S/C10H16O2S/c13-4-2-1-3-9-5-10(12-6-9)7-11-8-10/h4,9H,1-3,5-8H2. The fourth-order valence-corrected chi connectivity index (χ4v) is 2.31. The molecule has 1 atom stereocenters. The normalized spacial score (nSPS) is 30.3. The van der Waals surface area contributed by atoms with E-state index in [9.17, 15) is 0 Å². The maximum atomic E-state index is 5.76. The predicted octanol–water partition coefficient (Wildman–Crippen LogP) is 1.96. The van der Waals surface area contributed by atoms with Crippen molar-refractivity contribution < 1.29 is 9.47 Å². The quantitative estimate of drug-likeness (QED) is 0.510. The van der Waals surface area contributed by atoms with Crippen LogP contribution in [0, 0.1) is 5.92 Å². The van der Waals surface area contributed by atoms with Crippen molar-refractivity contribution >= 4 is 17.6 Å². The highest BCUT2D eigenvalue weighted by atomic mass is 32.1. The molecule has 0 saturated carbocycles. The molecule has 74 valence electrons. The molecule has 13 heavy (non-hydrogen) atoms. The number of ether oxygens (including phenoxy) is 2. The minimum Gasteiger partial charge on any atom is -0.375 e. The Hall–Kier alpha value is 0.0100. The van der Waals surface area contributed by atoms with Gasteiger partial charge in [0.2, 0.25) is 0 Å². The molecule has 0 bridgehead atoms. The van der Waals surface area contributed by atoms with E-state index in [0.29, 0.717) is 0 Å². The molecule has 0 aromatic carbocycles. The Morgan fingerprint density at radius 3 is 2.85 bits per heavy atom. The highest BCUT2D eigenvalue weighted by Gasteiger charge is 2.46. The second kappa shape index (κ2) is 4.03. The average molecular weight is 200 g/mol. The molecule has 2 aliphatic rings. The van der Waals surface area contributed by atoms with Gasteiger partial charge in [-0.1, -0.05) is 12.2 Å². The molecule has 2 nitrogen and oxygen atoms in total. The van der Waals surface area contributed by atoms with Crippen molar-refractivity contribution in [2.75, 3.05) is 19.8 Å². The Balaban J connectivity index is 1.69. The van der Waals surface area contributed by atoms with Gasteiger partial charge in [-0.2, -0.15) is 0 Å². The second-order valence-electron chi connectivity index (χ2n) is 4.15. The number of hydrogen-bond donors (Lipinski definition) is 0. The lowest BCUT2D eigenvalue weighted by molar-refractivity contribution is -0.184. The van der Waals surface area contributed by atoms with Crippen molar-refractivity contribution in [1.82, 2.24) is 0 Å². The smallest absolute Gasteiger partial charge is 0.115 e. The lowest BCUT2D eigenvalue weighted by Crippen LogP contribution is -2.49. The van der Waals surface area contributed by atoms with E-state index in [1.807, 2.05) is 5.37 Å². The van der Waals surface area contributed by atoms with Crippen LogP contribution in [0.4, 0.5) is 0 Å². The van der Waals surface area contributed by atoms with Gasteiger partial charge < -0.3 is 9.47 Å². The molecule has 0 N–H and O–H groups in total. The topological polar surface area (TPSA) is 18.5 Å². The number of unbranched alkanes of at least 4 members (excludes halogenated alkanes) is 1. The van der Waals surface area contributed by atoms with Crippen LogP contribution < -0.4 is 0 Å². The zero-order chi connectivity index (χ0) is 9.15. The van der Waals surface area contributed by atoms with E-state index in [1.54, 1.807) is 0 Å². The van der Waals surface area contributed by atoms with Crippen molar-refractivity contribution in [2.45, 2.75) is 31.3 Å². The molecule has 1 spiro atoms. The Bertz CT molecular complexity index is 189. The summed E-state index contributed by atoms with van der Waals surface area (Å²) < 4.78 is 10.9. The molecule has 2 aliphatic heterocycles. The summed E-state index contributed by atoms with van der Waals surface area (Å²) in [6.07, 6.45) is 4.74. The van der Waals surface area contributed by atoms with Gasteiger partial charge >= 0.3 is 0 Å². The minimum atomic E-state index is 0.127. The fourth-order valence-electron chi connectivity index (χ4n) is 2.14. The Morgan fingerprint density at radius 2 is 2.31 bits per heavy atom. The third kappa shape index (κ3) is 2.09. The van der Waals surface area contributed by atoms with Crippen LogP contribution in [0.5, 0.6) is 0 Å². The van der Waals surface area contributed by atoms with Crippen molar-refractivity contribution in [3.63, 3.8) is 0 Å². The van der Waals surface area contributed by atoms with Crippen LogP contribution in [-0.2, 0) is 9.47 Å². The van der Waals surface area contributed by atoms with E-state index in [-0.39, 0.29) is 5.60 Å². The van der Waals surface area contributed by atoms with Crippen LogP contribution in [0.3, 0.4) is 0 Å². The van der Waals surface area contributed by atoms with Gasteiger partial charge in [-0.25, -0.2) is 0 Å². The lowest BCUT2D eigenvalue weighted by Gasteiger charge is -2.36. The summed E-state index contributed by atoms with van der Waals surface area (Å²) in [5.41, 5.74) is 0.127. The predicted molar refractivity (Wildman–Crippen MR) is 55.1 cm³/mol. The van der Waals surface area contributed by atoms with E-state index < -0.39 is 0 Å². The highest BCUT2D eigenvalue weighted by molar-refractivity contribution is 7.78. The van der Waals surface area contributed by atoms with E-state index in [4.69, 9.17) is 21.7 Å². The molecule has 0 aliphatic carbocycles. The molecule has 0 amide bonds. The summed E-state index contributed by atoms with van der Waals surface area (Å²) in [5.74, 6) is 0.749. The molecule has 2 heterocycles. The average Bonchev–Trinajstić information content (AvgIpc) is 2.49. The molecule has 1 unspecified atom stereocenters. The van der Waals surface area contributed by atoms with Crippen LogP contribution in [0.2, 0.25) is 0 Å². The molecular weight excluding hydrogens is 184 g/mol. The number of rotatable bonds is 4. The van der Waals surface area contributed by atoms with Gasteiger partial charge in [0, 0.05) is 0 Å². The lowest BCUT2D eigenvalue weighted by atomic mass is 9.90. The van der Waals surface area contributed by atoms with E-state index >= 15 is 0 Å². The molecule has 0 aromatic rings. The summed E-state index contributed by atoms with van der Waals surface area (Å²) >= 11 is 4.79. The number of thiocarbonyl (C=S) groups is 1. The monoisotopic (exact) mass is 200 g/mol. The van der Waals surface area contributed by atoms with Gasteiger partial charge in [0.15, 0.2) is 0 Å². The largest absolute Gasteiger partial charge is 0.375 e. The first-order chi connectivity index (χ1) is 6.35. The molecule has 2 rings (SSSR count). The third-order valence-electron chi connectivity index (χ3n) is 2.95. The summed E-state index contributed by atoms with van der Waals surface area (Å²) in [6.45, 7) is 2.56. The first-order valence-electron chi connectivity index (χ1n) is 5.00. The first kappa shape index (κ1) is 9.56. The van der Waals surface area contributed by atoms with Crippen molar-refractivity contribution in [2.24, 2.45) is 5.92 Å². The second-order valence-corrected chi connectivity index (χ2v) is 4.49. The summed E-state index contributed by atoms with van der Waals surface area (Å²) in [6, 6.07) is 0. The van der Waals surface area contributed by atoms with Gasteiger partial charge in [-0.3, -0.25) is 0 Å². The Kier molecular flexibility index (Phi) is 2.96. The van der Waals surface area contributed by atoms with Gasteiger partial charge in [-0.15, -0.1) is 0 Å². The van der Waals surface area contributed by atoms with Gasteiger partial charge in [0.25, 0.3) is 0 Å². The maximum Gasteiger partial charge on any atom is 0.115 e. The molecular formula is C10H16O2S. The van der Waals surface area contributed by atoms with Gasteiger partial charge in [-0.05, 0) is 37.0 Å². The van der Waals surface area contributed by atoms with Crippen LogP contribution in [-0.4, -0.2) is 30.8 Å². The Labute approximate surface area is 84.6 Å². The Morgan fingerprint density at radius 1 is 1.46 bits per heavy atom. The van der Waals surface area contributed by atoms with E-state index in [2.05, 4.69) is 0 Å². The molecule has 2 fully saturated rings. The maximum absolute atomic E-state index is 5.76. The first-order valence-corrected chi connectivity index (χ1v) is 5.47. The fraction of sp³-hybridized carbons (Fsp3) is 0.900. The summed E-state index contributed by atoms with van der Waals surface area (Å²) in [7, 11) is 0. The van der Waals surface area contributed by atoms with E-state index in [0.717, 1.165) is 32.2 Å². The van der Waals surface area contributed by atoms with Crippen LogP contribution in [0.1, 0.15) is 25.7 Å². The summed E-state index contributed by atoms with van der Waals surface area (Å²) in [5, 5.41) is 1.83. The van der Waals surface area contributed by atoms with Crippen LogP contribution in [0.15, 0.2) is 0 Å². The third-order valence-corrected chi connectivity index (χ3v) is 3.19. The summed E-state index contributed by atoms with van der Waals surface area (Å²) in [4.78, 5) is 0. The van der Waals surface area contributed by atoms with E-state index in [1.165, 1.54) is 19.3 Å². The van der Waals surface area contributed by atoms with Crippen molar-refractivity contribution in [3.05, 3.63) is 0 Å². The van der Waals surface area contributed by atoms with Gasteiger partial charge in [0.05, 0.1) is 19.8 Å². The van der Waals surface area contributed by atoms with Gasteiger partial charge in [0.1, 0.15) is 5.60 Å². The molecule has 2 saturated heterocycles. The number of hydrogen-bond acceptors (Lipinski definition) is 3. The zero-order valence-electron chi connectivity index (χ0n) is 7.83. The van der Waals surface area contributed by atoms with Crippen LogP contribution in [0.25, 0.3) is 0 Å². The highest BCUT2D eigenvalue weighted by Crippen LogP contribution is 2.37.